The summed E-state index contributed by atoms with van der Waals surface area (Å²) in [5, 5.41) is 2.65. The second-order valence-corrected chi connectivity index (χ2v) is 8.74. The molecule has 4 heterocycles. The molecule has 3 N–H and O–H groups in total. The monoisotopic (exact) mass is 669 g/mol. The lowest BCUT2D eigenvalue weighted by Gasteiger charge is -2.23. The number of nitrogens with zero attached hydrogens (tertiary/aromatic N) is 5. The zero-order chi connectivity index (χ0) is 28.1. The van der Waals surface area contributed by atoms with E-state index in [9.17, 15) is 19.2 Å². The Labute approximate surface area is 245 Å². The molecule has 0 unspecified atom stereocenters. The van der Waals surface area contributed by atoms with Gasteiger partial charge in [-0.3, -0.25) is 23.7 Å². The van der Waals surface area contributed by atoms with Gasteiger partial charge < -0.3 is 54.0 Å². The Balaban J connectivity index is 0.00000441. The maximum atomic E-state index is 12.4. The average Bonchev–Trinajstić information content (AvgIpc) is 3.44. The molecule has 0 bridgehead atoms. The Morgan fingerprint density at radius 1 is 1.12 bits per heavy atom. The van der Waals surface area contributed by atoms with E-state index in [2.05, 4.69) is 20.3 Å². The van der Waals surface area contributed by atoms with Gasteiger partial charge in [-0.05, 0) is 6.07 Å². The Bertz CT molecular complexity index is 1400. The number of pyridine rings is 1. The van der Waals surface area contributed by atoms with Gasteiger partial charge in [-0.25, -0.2) is 19.5 Å². The van der Waals surface area contributed by atoms with Crippen LogP contribution in [0.15, 0.2) is 37.2 Å². The zero-order valence-electron chi connectivity index (χ0n) is 21.9. The molecule has 15 nitrogen and oxygen atoms in total. The number of nitrogens with two attached hydrogens (primary N) is 1. The second kappa shape index (κ2) is 13.4. The molecule has 0 radical (unpaired) electrons. The molecule has 1 aliphatic rings. The molecule has 1 aliphatic heterocycles. The lowest BCUT2D eigenvalue weighted by molar-refractivity contribution is -0.671. The van der Waals surface area contributed by atoms with Gasteiger partial charge >= 0.3 is 17.9 Å². The summed E-state index contributed by atoms with van der Waals surface area (Å²) in [6, 6.07) is 3.38. The first kappa shape index (κ1) is 30.6. The van der Waals surface area contributed by atoms with Crippen LogP contribution >= 0.6 is 0 Å². The Kier molecular flexibility index (Phi) is 10.3. The van der Waals surface area contributed by atoms with Crippen LogP contribution in [0.1, 0.15) is 36.9 Å². The van der Waals surface area contributed by atoms with Gasteiger partial charge in [0.1, 0.15) is 37.2 Å². The number of carbonyl (C=O) groups excluding carboxylic acids is 4. The quantitative estimate of drug-likeness (QED) is 0.0986. The Morgan fingerprint density at radius 2 is 1.85 bits per heavy atom. The first-order valence-corrected chi connectivity index (χ1v) is 12.0. The highest BCUT2D eigenvalue weighted by Crippen LogP contribution is 2.36. The molecule has 1 saturated heterocycles. The molecule has 40 heavy (non-hydrogen) atoms. The molecule has 214 valence electrons. The van der Waals surface area contributed by atoms with Crippen molar-refractivity contribution in [1.82, 2.24) is 24.8 Å². The molecule has 4 atom stereocenters. The van der Waals surface area contributed by atoms with Gasteiger partial charge in [0.25, 0.3) is 5.91 Å². The van der Waals surface area contributed by atoms with Crippen LogP contribution in [0.25, 0.3) is 11.2 Å². The van der Waals surface area contributed by atoms with Crippen molar-refractivity contribution in [3.8, 4) is 0 Å². The SMILES string of the molecule is CC(=O)O[C@H]1[C@H](OC(C)=O)[C@@H](COC(=O)CCNC(=O)c2ccc[n+](C)c2)O[C@H]1n1cnc2c(N)ncnc21.[I-]. The van der Waals surface area contributed by atoms with E-state index < -0.39 is 42.4 Å². The number of imidazole rings is 1. The molecule has 1 amide bonds. The number of rotatable bonds is 9. The van der Waals surface area contributed by atoms with E-state index >= 15 is 0 Å². The van der Waals surface area contributed by atoms with Crippen molar-refractivity contribution >= 4 is 40.8 Å². The number of aryl methyl sites for hydroxylation is 1. The largest absolute Gasteiger partial charge is 1.00 e. The number of carbonyl (C=O) groups is 4. The molecule has 16 heteroatoms. The number of esters is 3. The second-order valence-electron chi connectivity index (χ2n) is 8.74. The van der Waals surface area contributed by atoms with Crippen molar-refractivity contribution in [1.29, 1.82) is 0 Å². The molecule has 0 spiro atoms. The minimum atomic E-state index is -1.12. The fourth-order valence-corrected chi connectivity index (χ4v) is 4.12. The van der Waals surface area contributed by atoms with Crippen LogP contribution in [0.3, 0.4) is 0 Å². The van der Waals surface area contributed by atoms with Crippen LogP contribution in [0.2, 0.25) is 0 Å². The van der Waals surface area contributed by atoms with Gasteiger partial charge in [0.2, 0.25) is 0 Å². The summed E-state index contributed by atoms with van der Waals surface area (Å²) >= 11 is 0. The van der Waals surface area contributed by atoms with E-state index in [4.69, 9.17) is 24.7 Å². The van der Waals surface area contributed by atoms with E-state index in [0.717, 1.165) is 0 Å². The topological polar surface area (TPSA) is 191 Å². The number of nitrogen functional groups attached to an aromatic ring is 1. The summed E-state index contributed by atoms with van der Waals surface area (Å²) < 4.78 is 25.5. The molecule has 1 fully saturated rings. The van der Waals surface area contributed by atoms with E-state index in [1.807, 2.05) is 0 Å². The van der Waals surface area contributed by atoms with Crippen molar-refractivity contribution < 1.29 is 66.7 Å². The van der Waals surface area contributed by atoms with Gasteiger partial charge in [-0.2, -0.15) is 0 Å². The molecular weight excluding hydrogens is 641 g/mol. The number of hydrogen-bond acceptors (Lipinski definition) is 12. The average molecular weight is 669 g/mol. The summed E-state index contributed by atoms with van der Waals surface area (Å²) in [6.07, 6.45) is 1.69. The van der Waals surface area contributed by atoms with Gasteiger partial charge in [0.05, 0.1) is 12.7 Å². The molecule has 0 saturated carbocycles. The van der Waals surface area contributed by atoms with Crippen molar-refractivity contribution in [2.75, 3.05) is 18.9 Å². The van der Waals surface area contributed by atoms with Crippen LogP contribution < -0.4 is 39.6 Å². The van der Waals surface area contributed by atoms with Crippen molar-refractivity contribution in [3.05, 3.63) is 42.7 Å². The first-order valence-electron chi connectivity index (χ1n) is 12.0. The highest BCUT2D eigenvalue weighted by atomic mass is 127. The number of fused-ring (bicyclic) bond motifs is 1. The first-order chi connectivity index (χ1) is 18.6. The molecule has 3 aromatic rings. The normalized spacial score (nSPS) is 19.9. The van der Waals surface area contributed by atoms with Crippen LogP contribution in [0.4, 0.5) is 5.82 Å². The smallest absolute Gasteiger partial charge is 0.307 e. The predicted octanol–water partition coefficient (Wildman–Crippen LogP) is -3.64. The lowest BCUT2D eigenvalue weighted by atomic mass is 10.1. The fraction of sp³-hybridized carbons (Fsp3) is 0.417. The summed E-state index contributed by atoms with van der Waals surface area (Å²) in [7, 11) is 1.79. The van der Waals surface area contributed by atoms with Gasteiger partial charge in [0.15, 0.2) is 42.3 Å². The van der Waals surface area contributed by atoms with Crippen LogP contribution in [-0.4, -0.2) is 74.8 Å². The number of aromatic nitrogens is 5. The highest BCUT2D eigenvalue weighted by molar-refractivity contribution is 5.93. The number of amides is 1. The summed E-state index contributed by atoms with van der Waals surface area (Å²) in [5.74, 6) is -2.13. The predicted molar refractivity (Wildman–Crippen MR) is 130 cm³/mol. The molecule has 0 aromatic carbocycles. The van der Waals surface area contributed by atoms with Crippen molar-refractivity contribution in [2.45, 2.75) is 44.8 Å². The van der Waals surface area contributed by atoms with Crippen LogP contribution in [0.5, 0.6) is 0 Å². The van der Waals surface area contributed by atoms with E-state index in [1.54, 1.807) is 36.1 Å². The highest BCUT2D eigenvalue weighted by Gasteiger charge is 2.51. The Morgan fingerprint density at radius 3 is 2.55 bits per heavy atom. The minimum Gasteiger partial charge on any atom is -1.00 e. The van der Waals surface area contributed by atoms with Crippen LogP contribution in [0, 0.1) is 0 Å². The maximum Gasteiger partial charge on any atom is 0.307 e. The summed E-state index contributed by atoms with van der Waals surface area (Å²) in [4.78, 5) is 60.8. The molecular formula is C24H28IN7O8. The van der Waals surface area contributed by atoms with E-state index in [-0.39, 0.29) is 55.3 Å². The van der Waals surface area contributed by atoms with Crippen molar-refractivity contribution in [3.63, 3.8) is 0 Å². The fourth-order valence-electron chi connectivity index (χ4n) is 4.12. The standard InChI is InChI=1S/C24H27N7O8.HI/c1-13(32)37-19-16(10-36-17(34)6-7-26-23(35)15-5-4-8-30(3)9-15)39-24(20(19)38-14(2)33)31-12-29-18-21(25)27-11-28-22(18)31;/h4-5,8-9,11-12,16,19-20,24H,6-7,10H2,1-3H3,(H2-,25,26,27,28,35);1H/t16-,19-,20+,24-;/m1./s1. The van der Waals surface area contributed by atoms with Gasteiger partial charge in [-0.1, -0.05) is 0 Å². The number of nitrogens with one attached hydrogen (secondary N) is 1. The van der Waals surface area contributed by atoms with Gasteiger partial charge in [0, 0.05) is 26.5 Å². The number of anilines is 1. The van der Waals surface area contributed by atoms with E-state index in [0.29, 0.717) is 16.7 Å². The minimum absolute atomic E-state index is 0. The molecule has 4 rings (SSSR count). The lowest BCUT2D eigenvalue weighted by Crippen LogP contribution is -3.00. The summed E-state index contributed by atoms with van der Waals surface area (Å²) in [6.45, 7) is 2.11. The van der Waals surface area contributed by atoms with Crippen molar-refractivity contribution in [2.24, 2.45) is 7.05 Å². The summed E-state index contributed by atoms with van der Waals surface area (Å²) in [5.41, 5.74) is 6.92. The van der Waals surface area contributed by atoms with Gasteiger partial charge in [-0.15, -0.1) is 0 Å². The third-order valence-electron chi connectivity index (χ3n) is 5.78. The Hall–Kier alpha value is -3.93. The van der Waals surface area contributed by atoms with E-state index in [1.165, 1.54) is 31.1 Å². The third kappa shape index (κ3) is 7.17. The third-order valence-corrected chi connectivity index (χ3v) is 5.78. The maximum absolute atomic E-state index is 12.4. The molecule has 3 aromatic heterocycles. The number of hydrogen-bond donors (Lipinski definition) is 2. The number of ether oxygens (including phenoxy) is 4. The molecule has 0 aliphatic carbocycles. The van der Waals surface area contributed by atoms with Crippen LogP contribution in [-0.2, 0) is 40.4 Å². The number of halogens is 1. The zero-order valence-corrected chi connectivity index (χ0v) is 24.0.